The van der Waals surface area contributed by atoms with E-state index in [0.29, 0.717) is 12.1 Å². The Balaban J connectivity index is 2.60. The summed E-state index contributed by atoms with van der Waals surface area (Å²) < 4.78 is 4.82. The fourth-order valence-electron chi connectivity index (χ4n) is 0.847. The van der Waals surface area contributed by atoms with Crippen LogP contribution >= 0.6 is 0 Å². The molecule has 62 valence electrons. The molecule has 1 atom stereocenters. The van der Waals surface area contributed by atoms with Gasteiger partial charge >= 0.3 is 0 Å². The van der Waals surface area contributed by atoms with Gasteiger partial charge in [-0.2, -0.15) is 0 Å². The van der Waals surface area contributed by atoms with Crippen LogP contribution in [-0.4, -0.2) is 16.9 Å². The zero-order valence-corrected chi connectivity index (χ0v) is 6.45. The number of nitrogens with zero attached hydrogens (tertiary/aromatic N) is 1. The summed E-state index contributed by atoms with van der Waals surface area (Å²) in [6, 6.07) is 1.57. The maximum absolute atomic E-state index is 8.57. The van der Waals surface area contributed by atoms with Gasteiger partial charge in [-0.3, -0.25) is 0 Å². The minimum Gasteiger partial charge on any atom is -0.396 e. The largest absolute Gasteiger partial charge is 0.396 e. The maximum atomic E-state index is 8.57. The third kappa shape index (κ3) is 2.03. The summed E-state index contributed by atoms with van der Waals surface area (Å²) in [5.41, 5.74) is 6.34. The van der Waals surface area contributed by atoms with Crippen LogP contribution in [0.5, 0.6) is 0 Å². The monoisotopic (exact) mass is 156 g/mol. The van der Waals surface area contributed by atoms with Gasteiger partial charge in [0.15, 0.2) is 0 Å². The van der Waals surface area contributed by atoms with Crippen molar-refractivity contribution in [1.82, 2.24) is 5.16 Å². The van der Waals surface area contributed by atoms with Crippen LogP contribution < -0.4 is 5.73 Å². The van der Waals surface area contributed by atoms with E-state index in [4.69, 9.17) is 15.4 Å². The van der Waals surface area contributed by atoms with E-state index in [1.165, 1.54) is 0 Å². The lowest BCUT2D eigenvalue weighted by atomic mass is 10.1. The van der Waals surface area contributed by atoms with Crippen molar-refractivity contribution in [1.29, 1.82) is 0 Å². The molecule has 1 unspecified atom stereocenters. The van der Waals surface area contributed by atoms with E-state index in [9.17, 15) is 0 Å². The van der Waals surface area contributed by atoms with Gasteiger partial charge in [0.1, 0.15) is 11.5 Å². The van der Waals surface area contributed by atoms with Gasteiger partial charge in [0.05, 0.1) is 6.04 Å². The van der Waals surface area contributed by atoms with Crippen LogP contribution in [0.3, 0.4) is 0 Å². The Labute approximate surface area is 65.0 Å². The molecule has 4 nitrogen and oxygen atoms in total. The molecule has 0 aliphatic heterocycles. The summed E-state index contributed by atoms with van der Waals surface area (Å²) in [4.78, 5) is 0. The number of aliphatic hydroxyl groups excluding tert-OH is 1. The van der Waals surface area contributed by atoms with Crippen LogP contribution in [0.4, 0.5) is 0 Å². The second kappa shape index (κ2) is 3.50. The van der Waals surface area contributed by atoms with E-state index in [2.05, 4.69) is 5.16 Å². The maximum Gasteiger partial charge on any atom is 0.133 e. The average molecular weight is 156 g/mol. The molecular formula is C7H12N2O2. The van der Waals surface area contributed by atoms with Gasteiger partial charge in [0.2, 0.25) is 0 Å². The van der Waals surface area contributed by atoms with Gasteiger partial charge in [-0.1, -0.05) is 5.16 Å². The first-order valence-electron chi connectivity index (χ1n) is 3.53. The Morgan fingerprint density at radius 3 is 3.00 bits per heavy atom. The van der Waals surface area contributed by atoms with Crippen molar-refractivity contribution in [3.05, 3.63) is 17.5 Å². The first-order valence-corrected chi connectivity index (χ1v) is 3.53. The molecule has 0 aliphatic rings. The number of nitrogens with two attached hydrogens (primary N) is 1. The van der Waals surface area contributed by atoms with Gasteiger partial charge in [0.25, 0.3) is 0 Å². The lowest BCUT2D eigenvalue weighted by Crippen LogP contribution is -2.11. The van der Waals surface area contributed by atoms with Crippen LogP contribution in [0.1, 0.15) is 23.9 Å². The summed E-state index contributed by atoms with van der Waals surface area (Å²) >= 11 is 0. The molecule has 0 saturated carbocycles. The molecule has 1 aromatic rings. The van der Waals surface area contributed by atoms with E-state index in [-0.39, 0.29) is 12.6 Å². The summed E-state index contributed by atoms with van der Waals surface area (Å²) in [6.07, 6.45) is 0.520. The molecule has 0 spiro atoms. The summed E-state index contributed by atoms with van der Waals surface area (Å²) in [7, 11) is 0. The summed E-state index contributed by atoms with van der Waals surface area (Å²) in [6.45, 7) is 1.88. The molecule has 0 amide bonds. The highest BCUT2D eigenvalue weighted by Crippen LogP contribution is 2.12. The molecule has 0 radical (unpaired) electrons. The van der Waals surface area contributed by atoms with Crippen molar-refractivity contribution in [3.63, 3.8) is 0 Å². The third-order valence-electron chi connectivity index (χ3n) is 1.47. The fraction of sp³-hybridized carbons (Fsp3) is 0.571. The van der Waals surface area contributed by atoms with Crippen LogP contribution in [-0.2, 0) is 0 Å². The Hall–Kier alpha value is -0.870. The van der Waals surface area contributed by atoms with E-state index in [1.807, 2.05) is 6.92 Å². The summed E-state index contributed by atoms with van der Waals surface area (Å²) in [5, 5.41) is 12.3. The number of aryl methyl sites for hydroxylation is 1. The standard InChI is InChI=1S/C7H12N2O2/c1-5-4-7(9-11-5)6(8)2-3-10/h4,6,10H,2-3,8H2,1H3. The number of rotatable bonds is 3. The van der Waals surface area contributed by atoms with Gasteiger partial charge in [0, 0.05) is 12.7 Å². The predicted molar refractivity (Wildman–Crippen MR) is 39.9 cm³/mol. The first kappa shape index (κ1) is 8.23. The van der Waals surface area contributed by atoms with E-state index < -0.39 is 0 Å². The van der Waals surface area contributed by atoms with Crippen molar-refractivity contribution in [3.8, 4) is 0 Å². The molecule has 0 bridgehead atoms. The zero-order chi connectivity index (χ0) is 8.27. The number of hydrogen-bond acceptors (Lipinski definition) is 4. The smallest absolute Gasteiger partial charge is 0.133 e. The molecule has 11 heavy (non-hydrogen) atoms. The van der Waals surface area contributed by atoms with E-state index >= 15 is 0 Å². The average Bonchev–Trinajstić information content (AvgIpc) is 2.36. The van der Waals surface area contributed by atoms with Crippen molar-refractivity contribution in [2.45, 2.75) is 19.4 Å². The highest BCUT2D eigenvalue weighted by molar-refractivity contribution is 5.07. The number of aliphatic hydroxyl groups is 1. The fourth-order valence-corrected chi connectivity index (χ4v) is 0.847. The van der Waals surface area contributed by atoms with Gasteiger partial charge in [-0.25, -0.2) is 0 Å². The molecule has 0 aromatic carbocycles. The van der Waals surface area contributed by atoms with Crippen molar-refractivity contribution >= 4 is 0 Å². The Kier molecular flexibility index (Phi) is 2.62. The third-order valence-corrected chi connectivity index (χ3v) is 1.47. The molecule has 4 heteroatoms. The minimum absolute atomic E-state index is 0.0765. The lowest BCUT2D eigenvalue weighted by Gasteiger charge is -2.03. The van der Waals surface area contributed by atoms with Gasteiger partial charge in [-0.15, -0.1) is 0 Å². The Bertz CT molecular complexity index is 222. The quantitative estimate of drug-likeness (QED) is 0.663. The van der Waals surface area contributed by atoms with Crippen LogP contribution in [0, 0.1) is 6.92 Å². The van der Waals surface area contributed by atoms with Crippen LogP contribution in [0.15, 0.2) is 10.6 Å². The topological polar surface area (TPSA) is 72.3 Å². The molecule has 1 heterocycles. The molecular weight excluding hydrogens is 144 g/mol. The first-order chi connectivity index (χ1) is 5.24. The molecule has 3 N–H and O–H groups in total. The summed E-state index contributed by atoms with van der Waals surface area (Å²) in [5.74, 6) is 0.744. The van der Waals surface area contributed by atoms with E-state index in [0.717, 1.165) is 5.76 Å². The normalized spacial score (nSPS) is 13.4. The zero-order valence-electron chi connectivity index (χ0n) is 6.45. The van der Waals surface area contributed by atoms with Crippen molar-refractivity contribution < 1.29 is 9.63 Å². The number of aromatic nitrogens is 1. The minimum atomic E-state index is -0.211. The second-order valence-corrected chi connectivity index (χ2v) is 2.48. The van der Waals surface area contributed by atoms with E-state index in [1.54, 1.807) is 6.07 Å². The highest BCUT2D eigenvalue weighted by Gasteiger charge is 2.09. The lowest BCUT2D eigenvalue weighted by molar-refractivity contribution is 0.273. The van der Waals surface area contributed by atoms with Crippen molar-refractivity contribution in [2.75, 3.05) is 6.61 Å². The van der Waals surface area contributed by atoms with Gasteiger partial charge < -0.3 is 15.4 Å². The Morgan fingerprint density at radius 1 is 1.82 bits per heavy atom. The Morgan fingerprint density at radius 2 is 2.55 bits per heavy atom. The molecule has 0 aliphatic carbocycles. The molecule has 0 saturated heterocycles. The molecule has 1 rings (SSSR count). The van der Waals surface area contributed by atoms with Crippen LogP contribution in [0.2, 0.25) is 0 Å². The second-order valence-electron chi connectivity index (χ2n) is 2.48. The molecule has 0 fully saturated rings. The molecule has 1 aromatic heterocycles. The number of hydrogen-bond donors (Lipinski definition) is 2. The highest BCUT2D eigenvalue weighted by atomic mass is 16.5. The van der Waals surface area contributed by atoms with Crippen molar-refractivity contribution in [2.24, 2.45) is 5.73 Å². The van der Waals surface area contributed by atoms with Crippen LogP contribution in [0.25, 0.3) is 0 Å². The SMILES string of the molecule is Cc1cc(C(N)CCO)no1. The predicted octanol–water partition coefficient (Wildman–Crippen LogP) is 0.365. The van der Waals surface area contributed by atoms with Gasteiger partial charge in [-0.05, 0) is 13.3 Å².